The molecular formula is C33H62N+. The third-order valence-corrected chi connectivity index (χ3v) is 7.57. The third-order valence-electron chi connectivity index (χ3n) is 7.57. The van der Waals surface area contributed by atoms with Gasteiger partial charge >= 0.3 is 0 Å². The van der Waals surface area contributed by atoms with Crippen molar-refractivity contribution in [1.82, 2.24) is 0 Å². The molecule has 0 aliphatic heterocycles. The minimum Gasteiger partial charge on any atom is -0.205 e. The predicted octanol–water partition coefficient (Wildman–Crippen LogP) is 10.7. The Hall–Kier alpha value is -0.850. The molecule has 0 fully saturated rings. The zero-order chi connectivity index (χ0) is 24.5. The molecule has 0 bridgehead atoms. The summed E-state index contributed by atoms with van der Waals surface area (Å²) in [6, 6.07) is 2.46. The van der Waals surface area contributed by atoms with Crippen LogP contribution in [-0.2, 0) is 19.4 Å². The molecule has 0 unspecified atom stereocenters. The summed E-state index contributed by atoms with van der Waals surface area (Å²) in [5, 5.41) is 0. The first-order valence-electron chi connectivity index (χ1n) is 15.8. The van der Waals surface area contributed by atoms with Crippen LogP contribution in [0.5, 0.6) is 0 Å². The zero-order valence-corrected chi connectivity index (χ0v) is 23.9. The van der Waals surface area contributed by atoms with E-state index in [1.54, 1.807) is 11.1 Å². The number of aromatic nitrogens is 1. The van der Waals surface area contributed by atoms with E-state index in [4.69, 9.17) is 0 Å². The molecule has 0 saturated heterocycles. The van der Waals surface area contributed by atoms with Crippen molar-refractivity contribution >= 4 is 0 Å². The number of aryl methyl sites for hydroxylation is 3. The minimum atomic E-state index is 1.21. The van der Waals surface area contributed by atoms with Gasteiger partial charge in [0.25, 0.3) is 0 Å². The molecule has 0 radical (unpaired) electrons. The fourth-order valence-corrected chi connectivity index (χ4v) is 5.20. The summed E-state index contributed by atoms with van der Waals surface area (Å²) in [4.78, 5) is 0. The number of pyridine rings is 1. The van der Waals surface area contributed by atoms with Gasteiger partial charge in [0.15, 0.2) is 12.4 Å². The lowest BCUT2D eigenvalue weighted by molar-refractivity contribution is -0.697. The maximum atomic E-state index is 2.51. The highest BCUT2D eigenvalue weighted by Gasteiger charge is 2.10. The Bertz CT molecular complexity index is 549. The van der Waals surface area contributed by atoms with Crippen LogP contribution in [0.3, 0.4) is 0 Å². The van der Waals surface area contributed by atoms with Crippen molar-refractivity contribution in [3.05, 3.63) is 29.6 Å². The van der Waals surface area contributed by atoms with Crippen molar-refractivity contribution in [2.75, 3.05) is 0 Å². The Morgan fingerprint density at radius 2 is 0.824 bits per heavy atom. The Morgan fingerprint density at radius 1 is 0.441 bits per heavy atom. The largest absolute Gasteiger partial charge is 0.205 e. The van der Waals surface area contributed by atoms with Crippen LogP contribution in [0, 0.1) is 0 Å². The van der Waals surface area contributed by atoms with Crippen molar-refractivity contribution in [2.45, 2.75) is 181 Å². The average Bonchev–Trinajstić information content (AvgIpc) is 2.85. The number of hydrogen-bond acceptors (Lipinski definition) is 0. The van der Waals surface area contributed by atoms with Gasteiger partial charge in [0.1, 0.15) is 6.54 Å². The Kier molecular flexibility index (Phi) is 21.9. The summed E-state index contributed by atoms with van der Waals surface area (Å²) < 4.78 is 2.50. The topological polar surface area (TPSA) is 3.88 Å². The van der Waals surface area contributed by atoms with E-state index in [0.717, 1.165) is 0 Å². The predicted molar refractivity (Wildman–Crippen MR) is 153 cm³/mol. The highest BCUT2D eigenvalue weighted by atomic mass is 14.9. The lowest BCUT2D eigenvalue weighted by atomic mass is 9.98. The Balaban J connectivity index is 2.29. The van der Waals surface area contributed by atoms with E-state index in [2.05, 4.69) is 43.8 Å². The van der Waals surface area contributed by atoms with E-state index in [-0.39, 0.29) is 0 Å². The summed E-state index contributed by atoms with van der Waals surface area (Å²) in [7, 11) is 0. The summed E-state index contributed by atoms with van der Waals surface area (Å²) in [6.45, 7) is 8.13. The van der Waals surface area contributed by atoms with E-state index >= 15 is 0 Å². The molecule has 1 heterocycles. The first kappa shape index (κ1) is 31.2. The second kappa shape index (κ2) is 23.9. The summed E-state index contributed by atoms with van der Waals surface area (Å²) in [5.41, 5.74) is 3.28. The molecule has 0 N–H and O–H groups in total. The van der Waals surface area contributed by atoms with E-state index in [1.807, 2.05) is 0 Å². The quantitative estimate of drug-likeness (QED) is 0.0983. The SMILES string of the molecule is CCCCCCCCCCCCCC[n+]1ccc(CCCCCCC)c(CCCCCCC)c1. The highest BCUT2D eigenvalue weighted by molar-refractivity contribution is 5.21. The number of rotatable bonds is 25. The smallest absolute Gasteiger partial charge is 0.172 e. The van der Waals surface area contributed by atoms with E-state index in [1.165, 1.54) is 161 Å². The van der Waals surface area contributed by atoms with Crippen molar-refractivity contribution in [2.24, 2.45) is 0 Å². The first-order valence-corrected chi connectivity index (χ1v) is 15.8. The molecule has 0 saturated carbocycles. The molecule has 0 atom stereocenters. The average molecular weight is 473 g/mol. The summed E-state index contributed by atoms with van der Waals surface area (Å²) in [5.74, 6) is 0. The van der Waals surface area contributed by atoms with Gasteiger partial charge in [-0.3, -0.25) is 0 Å². The number of nitrogens with zero attached hydrogens (tertiary/aromatic N) is 1. The molecule has 1 rings (SSSR count). The van der Waals surface area contributed by atoms with E-state index in [0.29, 0.717) is 0 Å². The van der Waals surface area contributed by atoms with Crippen LogP contribution in [0.4, 0.5) is 0 Å². The molecule has 198 valence electrons. The lowest BCUT2D eigenvalue weighted by Gasteiger charge is -2.09. The molecule has 0 amide bonds. The van der Waals surface area contributed by atoms with Gasteiger partial charge in [0.05, 0.1) is 0 Å². The van der Waals surface area contributed by atoms with Crippen LogP contribution in [0.15, 0.2) is 18.5 Å². The number of hydrogen-bond donors (Lipinski definition) is 0. The monoisotopic (exact) mass is 472 g/mol. The van der Waals surface area contributed by atoms with Gasteiger partial charge in [-0.2, -0.15) is 0 Å². The van der Waals surface area contributed by atoms with Crippen molar-refractivity contribution in [3.8, 4) is 0 Å². The fourth-order valence-electron chi connectivity index (χ4n) is 5.20. The lowest BCUT2D eigenvalue weighted by Crippen LogP contribution is -2.34. The van der Waals surface area contributed by atoms with Gasteiger partial charge in [0, 0.05) is 18.1 Å². The van der Waals surface area contributed by atoms with Crippen LogP contribution in [-0.4, -0.2) is 0 Å². The molecule has 1 aromatic rings. The maximum absolute atomic E-state index is 2.51. The van der Waals surface area contributed by atoms with Crippen LogP contribution in [0.25, 0.3) is 0 Å². The van der Waals surface area contributed by atoms with Crippen molar-refractivity contribution in [3.63, 3.8) is 0 Å². The van der Waals surface area contributed by atoms with Crippen molar-refractivity contribution in [1.29, 1.82) is 0 Å². The molecule has 0 spiro atoms. The van der Waals surface area contributed by atoms with Gasteiger partial charge in [-0.05, 0) is 37.7 Å². The van der Waals surface area contributed by atoms with E-state index < -0.39 is 0 Å². The molecule has 0 aliphatic rings. The van der Waals surface area contributed by atoms with Gasteiger partial charge in [-0.15, -0.1) is 0 Å². The Labute approximate surface area is 215 Å². The second-order valence-corrected chi connectivity index (χ2v) is 11.0. The summed E-state index contributed by atoms with van der Waals surface area (Å²) in [6.07, 6.45) is 38.5. The van der Waals surface area contributed by atoms with Crippen molar-refractivity contribution < 1.29 is 4.57 Å². The van der Waals surface area contributed by atoms with Gasteiger partial charge in [-0.25, -0.2) is 4.57 Å². The first-order chi connectivity index (χ1) is 16.8. The zero-order valence-electron chi connectivity index (χ0n) is 23.9. The van der Waals surface area contributed by atoms with Crippen LogP contribution >= 0.6 is 0 Å². The normalized spacial score (nSPS) is 11.4. The molecule has 1 nitrogen and oxygen atoms in total. The molecule has 1 heteroatoms. The minimum absolute atomic E-state index is 1.21. The molecular weight excluding hydrogens is 410 g/mol. The van der Waals surface area contributed by atoms with Crippen LogP contribution in [0.2, 0.25) is 0 Å². The summed E-state index contributed by atoms with van der Waals surface area (Å²) >= 11 is 0. The van der Waals surface area contributed by atoms with Crippen LogP contribution < -0.4 is 4.57 Å². The number of unbranched alkanes of at least 4 members (excludes halogenated alkanes) is 19. The second-order valence-electron chi connectivity index (χ2n) is 11.0. The molecule has 0 aromatic carbocycles. The van der Waals surface area contributed by atoms with Crippen LogP contribution in [0.1, 0.15) is 173 Å². The fraction of sp³-hybridized carbons (Fsp3) is 0.848. The maximum Gasteiger partial charge on any atom is 0.172 e. The molecule has 0 aliphatic carbocycles. The standard InChI is InChI=1S/C33H62N/c1-4-7-10-13-14-15-16-17-18-19-22-25-29-34-30-28-32(26-23-20-11-8-5-2)33(31-34)27-24-21-12-9-6-3/h28,30-31H,4-27,29H2,1-3H3/q+1. The molecule has 1 aromatic heterocycles. The Morgan fingerprint density at radius 3 is 1.29 bits per heavy atom. The molecule has 34 heavy (non-hydrogen) atoms. The van der Waals surface area contributed by atoms with Gasteiger partial charge < -0.3 is 0 Å². The third kappa shape index (κ3) is 17.6. The van der Waals surface area contributed by atoms with E-state index in [9.17, 15) is 0 Å². The van der Waals surface area contributed by atoms with Gasteiger partial charge in [-0.1, -0.05) is 136 Å². The highest BCUT2D eigenvalue weighted by Crippen LogP contribution is 2.16. The van der Waals surface area contributed by atoms with Gasteiger partial charge in [0.2, 0.25) is 0 Å².